The number of hydrogen-bond acceptors (Lipinski definition) is 6. The molecule has 6 nitrogen and oxygen atoms in total. The van der Waals surface area contributed by atoms with E-state index in [9.17, 15) is 9.59 Å². The zero-order chi connectivity index (χ0) is 17.1. The number of ether oxygens (including phenoxy) is 1. The monoisotopic (exact) mass is 348 g/mol. The van der Waals surface area contributed by atoms with E-state index in [1.807, 2.05) is 6.92 Å². The minimum Gasteiger partial charge on any atom is -0.462 e. The molecular weight excluding hydrogens is 328 g/mol. The van der Waals surface area contributed by atoms with Crippen LogP contribution in [0.15, 0.2) is 21.9 Å². The van der Waals surface area contributed by atoms with Gasteiger partial charge in [-0.15, -0.1) is 0 Å². The van der Waals surface area contributed by atoms with Gasteiger partial charge in [-0.1, -0.05) is 0 Å². The summed E-state index contributed by atoms with van der Waals surface area (Å²) in [5.74, 6) is 0.795. The Morgan fingerprint density at radius 1 is 1.42 bits per heavy atom. The SMILES string of the molecule is Cc1ccc(C(=O)N2CCC[C@@H](COC(=O)c3csnc3C)C2)o1. The highest BCUT2D eigenvalue weighted by Crippen LogP contribution is 2.21. The van der Waals surface area contributed by atoms with Gasteiger partial charge in [0.1, 0.15) is 5.76 Å². The van der Waals surface area contributed by atoms with Gasteiger partial charge in [0, 0.05) is 24.4 Å². The molecule has 24 heavy (non-hydrogen) atoms. The molecule has 0 aromatic carbocycles. The van der Waals surface area contributed by atoms with E-state index in [-0.39, 0.29) is 17.8 Å². The molecule has 0 bridgehead atoms. The van der Waals surface area contributed by atoms with Gasteiger partial charge in [-0.05, 0) is 50.4 Å². The van der Waals surface area contributed by atoms with Gasteiger partial charge >= 0.3 is 5.97 Å². The molecule has 1 atom stereocenters. The molecule has 2 aromatic heterocycles. The largest absolute Gasteiger partial charge is 0.462 e. The highest BCUT2D eigenvalue weighted by Gasteiger charge is 2.27. The Morgan fingerprint density at radius 2 is 2.25 bits per heavy atom. The van der Waals surface area contributed by atoms with Crippen molar-refractivity contribution in [1.82, 2.24) is 9.27 Å². The van der Waals surface area contributed by atoms with Crippen molar-refractivity contribution < 1.29 is 18.7 Å². The van der Waals surface area contributed by atoms with Crippen LogP contribution in [0.3, 0.4) is 0 Å². The third-order valence-electron chi connectivity index (χ3n) is 4.18. The second-order valence-electron chi connectivity index (χ2n) is 6.08. The summed E-state index contributed by atoms with van der Waals surface area (Å²) in [6.45, 7) is 5.20. The zero-order valence-corrected chi connectivity index (χ0v) is 14.6. The lowest BCUT2D eigenvalue weighted by atomic mass is 9.99. The highest BCUT2D eigenvalue weighted by atomic mass is 32.1. The molecule has 1 aliphatic rings. The Kier molecular flexibility index (Phi) is 4.99. The number of hydrogen-bond donors (Lipinski definition) is 0. The molecule has 0 spiro atoms. The quantitative estimate of drug-likeness (QED) is 0.794. The average molecular weight is 348 g/mol. The molecule has 7 heteroatoms. The molecule has 1 fully saturated rings. The van der Waals surface area contributed by atoms with E-state index in [0.29, 0.717) is 36.7 Å². The Labute approximate surface area is 144 Å². The number of esters is 1. The molecule has 0 unspecified atom stereocenters. The molecule has 0 aliphatic carbocycles. The van der Waals surface area contributed by atoms with E-state index in [4.69, 9.17) is 9.15 Å². The van der Waals surface area contributed by atoms with Crippen molar-refractivity contribution in [3.05, 3.63) is 40.3 Å². The van der Waals surface area contributed by atoms with Crippen LogP contribution in [0.4, 0.5) is 0 Å². The van der Waals surface area contributed by atoms with Crippen LogP contribution in [0.2, 0.25) is 0 Å². The van der Waals surface area contributed by atoms with E-state index in [1.165, 1.54) is 11.5 Å². The zero-order valence-electron chi connectivity index (χ0n) is 13.8. The molecule has 2 aromatic rings. The molecule has 0 N–H and O–H groups in total. The Morgan fingerprint density at radius 3 is 2.92 bits per heavy atom. The Bertz CT molecular complexity index is 737. The summed E-state index contributed by atoms with van der Waals surface area (Å²) in [7, 11) is 0. The van der Waals surface area contributed by atoms with Gasteiger partial charge in [0.05, 0.1) is 17.9 Å². The normalized spacial score (nSPS) is 17.8. The van der Waals surface area contributed by atoms with Crippen LogP contribution >= 0.6 is 11.5 Å². The Balaban J connectivity index is 1.55. The van der Waals surface area contributed by atoms with E-state index < -0.39 is 0 Å². The minimum absolute atomic E-state index is 0.1000. The van der Waals surface area contributed by atoms with Crippen LogP contribution in [0.1, 0.15) is 45.2 Å². The van der Waals surface area contributed by atoms with Gasteiger partial charge in [0.25, 0.3) is 5.91 Å². The molecule has 0 radical (unpaired) electrons. The summed E-state index contributed by atoms with van der Waals surface area (Å²) in [6.07, 6.45) is 1.84. The van der Waals surface area contributed by atoms with Crippen LogP contribution in [0.25, 0.3) is 0 Å². The fraction of sp³-hybridized carbons (Fsp3) is 0.471. The topological polar surface area (TPSA) is 72.6 Å². The fourth-order valence-electron chi connectivity index (χ4n) is 2.85. The number of aryl methyl sites for hydroxylation is 2. The first-order valence-electron chi connectivity index (χ1n) is 7.98. The molecule has 1 amide bonds. The van der Waals surface area contributed by atoms with Crippen molar-refractivity contribution in [1.29, 1.82) is 0 Å². The average Bonchev–Trinajstić information content (AvgIpc) is 3.20. The highest BCUT2D eigenvalue weighted by molar-refractivity contribution is 7.03. The van der Waals surface area contributed by atoms with Gasteiger partial charge < -0.3 is 14.1 Å². The van der Waals surface area contributed by atoms with Gasteiger partial charge in [-0.3, -0.25) is 4.79 Å². The maximum absolute atomic E-state index is 12.4. The van der Waals surface area contributed by atoms with Crippen molar-refractivity contribution in [2.24, 2.45) is 5.92 Å². The first kappa shape index (κ1) is 16.7. The lowest BCUT2D eigenvalue weighted by Gasteiger charge is -2.31. The number of rotatable bonds is 4. The number of aromatic nitrogens is 1. The van der Waals surface area contributed by atoms with Gasteiger partial charge in [-0.2, -0.15) is 4.37 Å². The minimum atomic E-state index is -0.341. The van der Waals surface area contributed by atoms with Gasteiger partial charge in [-0.25, -0.2) is 4.79 Å². The van der Waals surface area contributed by atoms with Crippen molar-refractivity contribution in [3.63, 3.8) is 0 Å². The molecule has 3 heterocycles. The summed E-state index contributed by atoms with van der Waals surface area (Å²) in [5.41, 5.74) is 1.22. The van der Waals surface area contributed by atoms with Crippen molar-refractivity contribution in [3.8, 4) is 0 Å². The van der Waals surface area contributed by atoms with Crippen molar-refractivity contribution in [2.45, 2.75) is 26.7 Å². The first-order chi connectivity index (χ1) is 11.5. The first-order valence-corrected chi connectivity index (χ1v) is 8.82. The molecule has 1 aliphatic heterocycles. The van der Waals surface area contributed by atoms with E-state index >= 15 is 0 Å². The maximum Gasteiger partial charge on any atom is 0.340 e. The van der Waals surface area contributed by atoms with Crippen LogP contribution in [-0.2, 0) is 4.74 Å². The molecule has 128 valence electrons. The maximum atomic E-state index is 12.4. The number of piperidine rings is 1. The van der Waals surface area contributed by atoms with E-state index in [1.54, 1.807) is 29.3 Å². The lowest BCUT2D eigenvalue weighted by Crippen LogP contribution is -2.41. The smallest absolute Gasteiger partial charge is 0.340 e. The van der Waals surface area contributed by atoms with Crippen molar-refractivity contribution >= 4 is 23.4 Å². The van der Waals surface area contributed by atoms with E-state index in [2.05, 4.69) is 4.37 Å². The summed E-state index contributed by atoms with van der Waals surface area (Å²) < 4.78 is 14.9. The third-order valence-corrected chi connectivity index (χ3v) is 4.90. The second kappa shape index (κ2) is 7.17. The number of amides is 1. The summed E-state index contributed by atoms with van der Waals surface area (Å²) in [6, 6.07) is 3.49. The summed E-state index contributed by atoms with van der Waals surface area (Å²) in [4.78, 5) is 26.3. The number of carbonyl (C=O) groups excluding carboxylic acids is 2. The second-order valence-corrected chi connectivity index (χ2v) is 6.71. The summed E-state index contributed by atoms with van der Waals surface area (Å²) >= 11 is 1.25. The summed E-state index contributed by atoms with van der Waals surface area (Å²) in [5, 5.41) is 1.70. The molecule has 0 saturated carbocycles. The van der Waals surface area contributed by atoms with Gasteiger partial charge in [0.15, 0.2) is 5.76 Å². The standard InChI is InChI=1S/C17H20N2O4S/c1-11-5-6-15(23-11)16(20)19-7-3-4-13(8-19)9-22-17(21)14-10-24-18-12(14)2/h5-6,10,13H,3-4,7-9H2,1-2H3/t13-/m1/s1. The van der Waals surface area contributed by atoms with Crippen LogP contribution in [0, 0.1) is 19.8 Å². The predicted molar refractivity (Wildman–Crippen MR) is 89.2 cm³/mol. The van der Waals surface area contributed by atoms with Gasteiger partial charge in [0.2, 0.25) is 0 Å². The molecule has 1 saturated heterocycles. The van der Waals surface area contributed by atoms with Crippen LogP contribution < -0.4 is 0 Å². The molecular formula is C17H20N2O4S. The fourth-order valence-corrected chi connectivity index (χ4v) is 3.53. The number of likely N-dealkylation sites (tertiary alicyclic amines) is 1. The van der Waals surface area contributed by atoms with Crippen LogP contribution in [-0.4, -0.2) is 40.8 Å². The lowest BCUT2D eigenvalue weighted by molar-refractivity contribution is 0.0335. The van der Waals surface area contributed by atoms with Crippen molar-refractivity contribution in [2.75, 3.05) is 19.7 Å². The number of furan rings is 1. The predicted octanol–water partition coefficient (Wildman–Crippen LogP) is 3.06. The number of carbonyl (C=O) groups is 2. The molecule has 3 rings (SSSR count). The van der Waals surface area contributed by atoms with Crippen LogP contribution in [0.5, 0.6) is 0 Å². The third kappa shape index (κ3) is 3.67. The Hall–Kier alpha value is -2.15. The number of nitrogens with zero attached hydrogens (tertiary/aromatic N) is 2. The van der Waals surface area contributed by atoms with E-state index in [0.717, 1.165) is 18.6 Å².